The molecular formula is C21H22ClN3S. The van der Waals surface area contributed by atoms with Gasteiger partial charge in [-0.25, -0.2) is 0 Å². The van der Waals surface area contributed by atoms with Gasteiger partial charge in [0.15, 0.2) is 4.77 Å². The second kappa shape index (κ2) is 5.95. The third-order valence-electron chi connectivity index (χ3n) is 6.35. The van der Waals surface area contributed by atoms with Crippen LogP contribution in [0.5, 0.6) is 0 Å². The smallest absolute Gasteiger partial charge is 0.177 e. The van der Waals surface area contributed by atoms with Crippen LogP contribution in [0.4, 0.5) is 0 Å². The molecule has 0 unspecified atom stereocenters. The van der Waals surface area contributed by atoms with Crippen molar-refractivity contribution >= 4 is 34.9 Å². The molecule has 2 aromatic carbocycles. The largest absolute Gasteiger partial charge is 0.329 e. The molecule has 26 heavy (non-hydrogen) atoms. The molecule has 3 aromatic rings. The van der Waals surface area contributed by atoms with Gasteiger partial charge in [0.25, 0.3) is 0 Å². The molecule has 2 atom stereocenters. The second-order valence-electron chi connectivity index (χ2n) is 7.66. The minimum atomic E-state index is 0.360. The van der Waals surface area contributed by atoms with Crippen LogP contribution in [-0.4, -0.2) is 34.1 Å². The van der Waals surface area contributed by atoms with Gasteiger partial charge in [-0.1, -0.05) is 35.9 Å². The van der Waals surface area contributed by atoms with E-state index in [2.05, 4.69) is 58.9 Å². The average Bonchev–Trinajstić information content (AvgIpc) is 2.86. The molecule has 1 N–H and O–H groups in total. The number of hydrogen-bond donors (Lipinski definition) is 1. The lowest BCUT2D eigenvalue weighted by Crippen LogP contribution is -2.39. The summed E-state index contributed by atoms with van der Waals surface area (Å²) in [5.74, 6) is 0.360. The highest BCUT2D eigenvalue weighted by molar-refractivity contribution is 7.71. The molecule has 2 aliphatic rings. The zero-order valence-electron chi connectivity index (χ0n) is 15.1. The average molecular weight is 384 g/mol. The van der Waals surface area contributed by atoms with E-state index < -0.39 is 0 Å². The quantitative estimate of drug-likeness (QED) is 0.562. The molecule has 0 spiro atoms. The predicted octanol–water partition coefficient (Wildman–Crippen LogP) is 4.82. The number of aryl methyl sites for hydroxylation is 2. The Balaban J connectivity index is 1.90. The van der Waals surface area contributed by atoms with Crippen molar-refractivity contribution in [1.82, 2.24) is 14.5 Å². The molecule has 0 amide bonds. The third-order valence-corrected chi connectivity index (χ3v) is 7.02. The zero-order valence-corrected chi connectivity index (χ0v) is 16.6. The summed E-state index contributed by atoms with van der Waals surface area (Å²) in [4.78, 5) is 5.87. The minimum absolute atomic E-state index is 0.360. The maximum absolute atomic E-state index is 6.64. The molecule has 134 valence electrons. The van der Waals surface area contributed by atoms with E-state index in [1.165, 1.54) is 34.2 Å². The van der Waals surface area contributed by atoms with Crippen LogP contribution in [0, 0.1) is 4.77 Å². The van der Waals surface area contributed by atoms with Gasteiger partial charge in [0.2, 0.25) is 0 Å². The number of fused-ring (bicyclic) bond motifs is 7. The number of H-pyrrole nitrogens is 1. The minimum Gasteiger partial charge on any atom is -0.329 e. The highest BCUT2D eigenvalue weighted by Crippen LogP contribution is 2.45. The fourth-order valence-electron chi connectivity index (χ4n) is 5.04. The highest BCUT2D eigenvalue weighted by atomic mass is 35.5. The van der Waals surface area contributed by atoms with Crippen LogP contribution < -0.4 is 0 Å². The van der Waals surface area contributed by atoms with Crippen molar-refractivity contribution in [2.75, 3.05) is 13.6 Å². The lowest BCUT2D eigenvalue weighted by Gasteiger charge is -2.38. The molecule has 3 nitrogen and oxygen atoms in total. The Hall–Kier alpha value is -1.62. The van der Waals surface area contributed by atoms with Crippen molar-refractivity contribution in [3.63, 3.8) is 0 Å². The molecule has 0 bridgehead atoms. The van der Waals surface area contributed by atoms with Gasteiger partial charge in [-0.15, -0.1) is 0 Å². The Kier molecular flexibility index (Phi) is 3.78. The summed E-state index contributed by atoms with van der Waals surface area (Å²) in [7, 11) is 4.32. The molecule has 5 rings (SSSR count). The summed E-state index contributed by atoms with van der Waals surface area (Å²) in [5, 5.41) is 0.774. The van der Waals surface area contributed by atoms with Crippen LogP contribution in [0.2, 0.25) is 5.02 Å². The van der Waals surface area contributed by atoms with Crippen molar-refractivity contribution in [2.24, 2.45) is 7.05 Å². The first-order chi connectivity index (χ1) is 12.6. The van der Waals surface area contributed by atoms with Crippen molar-refractivity contribution in [2.45, 2.75) is 31.2 Å². The van der Waals surface area contributed by atoms with Gasteiger partial charge in [0.05, 0.1) is 16.1 Å². The van der Waals surface area contributed by atoms with Crippen LogP contribution in [0.25, 0.3) is 11.0 Å². The molecule has 1 aliphatic carbocycles. The van der Waals surface area contributed by atoms with Crippen LogP contribution >= 0.6 is 23.8 Å². The molecule has 0 fully saturated rings. The van der Waals surface area contributed by atoms with Crippen LogP contribution in [0.1, 0.15) is 34.6 Å². The monoisotopic (exact) mass is 383 g/mol. The van der Waals surface area contributed by atoms with Gasteiger partial charge >= 0.3 is 0 Å². The number of halogens is 1. The maximum Gasteiger partial charge on any atom is 0.177 e. The van der Waals surface area contributed by atoms with E-state index >= 15 is 0 Å². The van der Waals surface area contributed by atoms with E-state index in [0.717, 1.165) is 34.7 Å². The first kappa shape index (κ1) is 16.5. The fraction of sp³-hybridized carbons (Fsp3) is 0.381. The zero-order chi connectivity index (χ0) is 18.0. The van der Waals surface area contributed by atoms with E-state index in [0.29, 0.717) is 12.0 Å². The first-order valence-corrected chi connectivity index (χ1v) is 10.0. The number of aromatic amines is 1. The van der Waals surface area contributed by atoms with Crippen LogP contribution in [0.3, 0.4) is 0 Å². The van der Waals surface area contributed by atoms with Crippen molar-refractivity contribution in [1.29, 1.82) is 0 Å². The van der Waals surface area contributed by atoms with E-state index in [-0.39, 0.29) is 0 Å². The molecular weight excluding hydrogens is 362 g/mol. The van der Waals surface area contributed by atoms with Gasteiger partial charge in [0, 0.05) is 25.6 Å². The summed E-state index contributed by atoms with van der Waals surface area (Å²) in [6, 6.07) is 11.6. The van der Waals surface area contributed by atoms with Crippen molar-refractivity contribution < 1.29 is 0 Å². The normalized spacial score (nSPS) is 22.6. The van der Waals surface area contributed by atoms with E-state index in [4.69, 9.17) is 23.8 Å². The van der Waals surface area contributed by atoms with Gasteiger partial charge in [-0.05, 0) is 66.8 Å². The summed E-state index contributed by atoms with van der Waals surface area (Å²) >= 11 is 12.2. The van der Waals surface area contributed by atoms with E-state index in [9.17, 15) is 0 Å². The van der Waals surface area contributed by atoms with E-state index in [1.807, 2.05) is 0 Å². The predicted molar refractivity (Wildman–Crippen MR) is 110 cm³/mol. The number of benzene rings is 2. The number of likely N-dealkylation sites (N-methyl/N-ethyl adjacent to an activating group) is 1. The van der Waals surface area contributed by atoms with Gasteiger partial charge in [-0.2, -0.15) is 0 Å². The van der Waals surface area contributed by atoms with Gasteiger partial charge in [-0.3, -0.25) is 0 Å². The highest BCUT2D eigenvalue weighted by Gasteiger charge is 2.38. The number of nitrogens with one attached hydrogen (secondary N) is 1. The van der Waals surface area contributed by atoms with Crippen molar-refractivity contribution in [3.8, 4) is 0 Å². The molecule has 0 saturated heterocycles. The maximum atomic E-state index is 6.64. The molecule has 5 heteroatoms. The lowest BCUT2D eigenvalue weighted by atomic mass is 9.74. The van der Waals surface area contributed by atoms with Gasteiger partial charge < -0.3 is 14.5 Å². The van der Waals surface area contributed by atoms with Crippen molar-refractivity contribution in [3.05, 3.63) is 62.4 Å². The standard InChI is InChI=1S/C21H22ClN3S/c1-24-10-9-13-11-15(22)19-20(25(2)21(26)23-19)17(13)18-14-6-4-3-5-12(14)7-8-16(18)24/h3-6,11,16,18H,7-10H2,1-2H3,(H,23,26)/t16-,18-/m0/s1. The van der Waals surface area contributed by atoms with Crippen LogP contribution in [0.15, 0.2) is 30.3 Å². The summed E-state index contributed by atoms with van der Waals surface area (Å²) < 4.78 is 2.84. The Labute approximate surface area is 163 Å². The first-order valence-electron chi connectivity index (χ1n) is 9.24. The molecule has 1 aliphatic heterocycles. The molecule has 1 aromatic heterocycles. The molecule has 0 radical (unpaired) electrons. The Morgan fingerprint density at radius 2 is 1.96 bits per heavy atom. The number of hydrogen-bond acceptors (Lipinski definition) is 2. The van der Waals surface area contributed by atoms with Crippen LogP contribution in [-0.2, 0) is 19.9 Å². The summed E-state index contributed by atoms with van der Waals surface area (Å²) in [5.41, 5.74) is 7.89. The fourth-order valence-corrected chi connectivity index (χ4v) is 5.51. The Morgan fingerprint density at radius 1 is 1.15 bits per heavy atom. The molecule has 0 saturated carbocycles. The van der Waals surface area contributed by atoms with E-state index in [1.54, 1.807) is 0 Å². The summed E-state index contributed by atoms with van der Waals surface area (Å²) in [6.07, 6.45) is 3.37. The number of imidazole rings is 1. The Morgan fingerprint density at radius 3 is 2.81 bits per heavy atom. The third kappa shape index (κ3) is 2.25. The SMILES string of the molecule is CN1CCc2cc(Cl)c3[nH]c(=S)n(C)c3c2[C@H]2c3ccccc3CC[C@@H]21. The lowest BCUT2D eigenvalue weighted by molar-refractivity contribution is 0.214. The number of rotatable bonds is 0. The Bertz CT molecular complexity index is 1080. The number of aromatic nitrogens is 2. The van der Waals surface area contributed by atoms with Gasteiger partial charge in [0.1, 0.15) is 0 Å². The summed E-state index contributed by atoms with van der Waals surface area (Å²) in [6.45, 7) is 1.06. The second-order valence-corrected chi connectivity index (χ2v) is 8.45. The number of nitrogens with zero attached hydrogens (tertiary/aromatic N) is 2. The molecule has 2 heterocycles. The topological polar surface area (TPSA) is 24.0 Å².